The van der Waals surface area contributed by atoms with Crippen molar-refractivity contribution in [2.45, 2.75) is 44.7 Å². The molecule has 1 atom stereocenters. The number of alkyl halides is 2. The minimum absolute atomic E-state index is 0.0646. The van der Waals surface area contributed by atoms with Gasteiger partial charge in [0.2, 0.25) is 17.7 Å². The molecule has 0 spiro atoms. The van der Waals surface area contributed by atoms with Crippen molar-refractivity contribution < 1.29 is 56.4 Å². The summed E-state index contributed by atoms with van der Waals surface area (Å²) in [7, 11) is 0. The topological polar surface area (TPSA) is 190 Å². The molecule has 4 N–H and O–H groups in total. The Hall–Kier alpha value is -5.50. The molecule has 3 aromatic carbocycles. The van der Waals surface area contributed by atoms with Crippen molar-refractivity contribution in [1.82, 2.24) is 14.8 Å². The van der Waals surface area contributed by atoms with Gasteiger partial charge in [0.15, 0.2) is 0 Å². The Morgan fingerprint density at radius 3 is 2.12 bits per heavy atom. The summed E-state index contributed by atoms with van der Waals surface area (Å²) in [5, 5.41) is 5.94. The van der Waals surface area contributed by atoms with Gasteiger partial charge >= 0.3 is 0 Å². The van der Waals surface area contributed by atoms with E-state index in [1.54, 1.807) is 30.3 Å². The molecule has 1 saturated heterocycles. The number of amides is 5. The summed E-state index contributed by atoms with van der Waals surface area (Å²) in [5.74, 6) is -3.15. The van der Waals surface area contributed by atoms with Gasteiger partial charge in [0.25, 0.3) is 11.8 Å². The number of anilines is 1. The number of thiocarbonyl (C=S) groups is 1. The van der Waals surface area contributed by atoms with Gasteiger partial charge in [-0.1, -0.05) is 48.6 Å². The lowest BCUT2D eigenvalue weighted by Crippen LogP contribution is -2.54. The van der Waals surface area contributed by atoms with Crippen LogP contribution in [-0.2, 0) is 51.0 Å². The maximum absolute atomic E-state index is 13.5. The summed E-state index contributed by atoms with van der Waals surface area (Å²) in [6.45, 7) is 2.01. The van der Waals surface area contributed by atoms with Crippen molar-refractivity contribution in [3.63, 3.8) is 0 Å². The van der Waals surface area contributed by atoms with Crippen molar-refractivity contribution in [1.29, 1.82) is 0 Å². The first-order chi connectivity index (χ1) is 31.1. The van der Waals surface area contributed by atoms with Gasteiger partial charge in [-0.25, -0.2) is 0 Å². The monoisotopic (exact) mass is 905 g/mol. The number of carbonyl (C=O) groups is 5. The number of rotatable bonds is 27. The lowest BCUT2D eigenvalue weighted by molar-refractivity contribution is -0.136. The molecule has 0 radical (unpaired) electrons. The van der Waals surface area contributed by atoms with Crippen LogP contribution in [0.4, 0.5) is 14.5 Å². The number of fused-ring (bicyclic) bond motifs is 2. The van der Waals surface area contributed by atoms with Crippen LogP contribution in [0.5, 0.6) is 0 Å². The van der Waals surface area contributed by atoms with E-state index in [2.05, 4.69) is 10.6 Å². The van der Waals surface area contributed by atoms with Crippen molar-refractivity contribution >= 4 is 63.3 Å². The quantitative estimate of drug-likeness (QED) is 0.0416. The number of hydrogen-bond donors (Lipinski definition) is 3. The SMILES string of the molecule is NC(=S)c1cccc(-c2cn(CC(CF)CF)c3cc(NC(=O)CCOCCOCCOCCOCCOCCCc4cccc5c4C(=O)N(C4CCC(=O)NC4=O)C5=O)ccc23)c1. The van der Waals surface area contributed by atoms with E-state index < -0.39 is 48.9 Å². The number of nitrogens with one attached hydrogen (secondary N) is 2. The molecule has 15 nitrogen and oxygen atoms in total. The van der Waals surface area contributed by atoms with Crippen LogP contribution in [0.15, 0.2) is 66.9 Å². The zero-order chi connectivity index (χ0) is 45.4. The first-order valence-corrected chi connectivity index (χ1v) is 21.7. The molecular weight excluding hydrogens is 853 g/mol. The Balaban J connectivity index is 0.785. The largest absolute Gasteiger partial charge is 0.389 e. The summed E-state index contributed by atoms with van der Waals surface area (Å²) >= 11 is 5.15. The number of ether oxygens (including phenoxy) is 5. The van der Waals surface area contributed by atoms with Gasteiger partial charge < -0.3 is 39.3 Å². The van der Waals surface area contributed by atoms with Crippen LogP contribution in [0.1, 0.15) is 57.5 Å². The smallest absolute Gasteiger partial charge is 0.262 e. The number of nitrogens with two attached hydrogens (primary N) is 1. The lowest BCUT2D eigenvalue weighted by Gasteiger charge is -2.27. The second kappa shape index (κ2) is 24.0. The fourth-order valence-corrected chi connectivity index (χ4v) is 7.66. The number of imide groups is 2. The number of carbonyl (C=O) groups excluding carboxylic acids is 5. The number of piperidine rings is 1. The van der Waals surface area contributed by atoms with E-state index in [-0.39, 0.29) is 48.9 Å². The molecule has 5 amide bonds. The maximum Gasteiger partial charge on any atom is 0.262 e. The first-order valence-electron chi connectivity index (χ1n) is 21.3. The molecule has 1 fully saturated rings. The Morgan fingerprint density at radius 2 is 1.47 bits per heavy atom. The molecule has 1 unspecified atom stereocenters. The Bertz CT molecular complexity index is 2300. The molecule has 0 aliphatic carbocycles. The number of hydrogen-bond acceptors (Lipinski definition) is 11. The molecule has 1 aromatic heterocycles. The third-order valence-electron chi connectivity index (χ3n) is 10.8. The van der Waals surface area contributed by atoms with E-state index in [9.17, 15) is 32.8 Å². The van der Waals surface area contributed by atoms with E-state index >= 15 is 0 Å². The van der Waals surface area contributed by atoms with E-state index in [4.69, 9.17) is 41.6 Å². The molecule has 0 bridgehead atoms. The average Bonchev–Trinajstić information content (AvgIpc) is 3.77. The van der Waals surface area contributed by atoms with Crippen LogP contribution in [-0.4, -0.2) is 129 Å². The van der Waals surface area contributed by atoms with Crippen LogP contribution in [0.25, 0.3) is 22.0 Å². The van der Waals surface area contributed by atoms with E-state index in [0.29, 0.717) is 94.7 Å². The summed E-state index contributed by atoms with van der Waals surface area (Å²) < 4.78 is 56.7. The maximum atomic E-state index is 13.5. The molecule has 3 heterocycles. The fraction of sp³-hybridized carbons (Fsp3) is 0.435. The van der Waals surface area contributed by atoms with Gasteiger partial charge in [-0.3, -0.25) is 43.0 Å². The van der Waals surface area contributed by atoms with Crippen molar-refractivity contribution in [2.75, 3.05) is 84.7 Å². The zero-order valence-electron chi connectivity index (χ0n) is 35.5. The second-order valence-corrected chi connectivity index (χ2v) is 15.7. The van der Waals surface area contributed by atoms with Gasteiger partial charge in [-0.15, -0.1) is 0 Å². The first kappa shape index (κ1) is 48.0. The van der Waals surface area contributed by atoms with Gasteiger partial charge in [0, 0.05) is 53.9 Å². The molecule has 2 aliphatic rings. The highest BCUT2D eigenvalue weighted by Gasteiger charge is 2.45. The summed E-state index contributed by atoms with van der Waals surface area (Å²) in [5.41, 5.74) is 10.8. The molecule has 4 aromatic rings. The number of benzene rings is 3. The van der Waals surface area contributed by atoms with Gasteiger partial charge in [-0.2, -0.15) is 0 Å². The van der Waals surface area contributed by atoms with Gasteiger partial charge in [0.05, 0.1) is 95.9 Å². The molecule has 6 rings (SSSR count). The van der Waals surface area contributed by atoms with Crippen molar-refractivity contribution in [3.05, 3.63) is 89.1 Å². The number of aromatic nitrogens is 1. The van der Waals surface area contributed by atoms with Gasteiger partial charge in [-0.05, 0) is 54.7 Å². The molecule has 2 aliphatic heterocycles. The summed E-state index contributed by atoms with van der Waals surface area (Å²) in [6, 6.07) is 17.0. The van der Waals surface area contributed by atoms with Crippen LogP contribution in [0.2, 0.25) is 0 Å². The lowest BCUT2D eigenvalue weighted by atomic mass is 9.99. The highest BCUT2D eigenvalue weighted by atomic mass is 32.1. The summed E-state index contributed by atoms with van der Waals surface area (Å²) in [6.07, 6.45) is 3.25. The van der Waals surface area contributed by atoms with Crippen molar-refractivity contribution in [3.8, 4) is 11.1 Å². The summed E-state index contributed by atoms with van der Waals surface area (Å²) in [4.78, 5) is 64.1. The fourth-order valence-electron chi connectivity index (χ4n) is 7.54. The van der Waals surface area contributed by atoms with Crippen LogP contribution >= 0.6 is 12.2 Å². The third-order valence-corrected chi connectivity index (χ3v) is 11.0. The molecule has 18 heteroatoms. The van der Waals surface area contributed by atoms with Crippen LogP contribution in [0, 0.1) is 5.92 Å². The molecule has 0 saturated carbocycles. The number of halogens is 2. The van der Waals surface area contributed by atoms with Crippen LogP contribution in [0.3, 0.4) is 0 Å². The minimum atomic E-state index is -1.00. The third kappa shape index (κ3) is 12.6. The average molecular weight is 906 g/mol. The highest BCUT2D eigenvalue weighted by molar-refractivity contribution is 7.80. The predicted molar refractivity (Wildman–Crippen MR) is 237 cm³/mol. The second-order valence-electron chi connectivity index (χ2n) is 15.3. The molecule has 64 heavy (non-hydrogen) atoms. The van der Waals surface area contributed by atoms with E-state index in [1.165, 1.54) is 0 Å². The molecular formula is C46H53F2N5O10S. The van der Waals surface area contributed by atoms with Crippen LogP contribution < -0.4 is 16.4 Å². The Kier molecular flexibility index (Phi) is 18.0. The predicted octanol–water partition coefficient (Wildman–Crippen LogP) is 4.94. The standard InChI is InChI=1S/C46H53F2N5O10S/c47-26-30(27-48)28-52-29-37(32-5-1-6-33(24-32)43(49)64)35-10-9-34(25-39(35)52)50-41(55)13-15-60-17-19-62-21-23-63-22-20-61-18-16-59-14-3-7-31-4-2-8-36-42(31)46(58)53(45(36)57)38-11-12-40(54)51-44(38)56/h1-2,4-6,8-10,24-25,29-30,38H,3,7,11-23,26-28H2,(H2,49,64)(H,50,55)(H,51,54,56). The zero-order valence-corrected chi connectivity index (χ0v) is 36.3. The normalized spacial score (nSPS) is 15.0. The van der Waals surface area contributed by atoms with E-state index in [1.807, 2.05) is 41.1 Å². The Labute approximate surface area is 374 Å². The minimum Gasteiger partial charge on any atom is -0.389 e. The molecule has 342 valence electrons. The van der Waals surface area contributed by atoms with Crippen molar-refractivity contribution in [2.24, 2.45) is 11.7 Å². The highest BCUT2D eigenvalue weighted by Crippen LogP contribution is 2.34. The van der Waals surface area contributed by atoms with E-state index in [0.717, 1.165) is 26.9 Å². The Morgan fingerprint density at radius 1 is 0.812 bits per heavy atom. The van der Waals surface area contributed by atoms with Gasteiger partial charge in [0.1, 0.15) is 11.0 Å². The number of nitrogens with zero attached hydrogens (tertiary/aromatic N) is 2. The number of aryl methyl sites for hydroxylation is 1.